The van der Waals surface area contributed by atoms with Crippen LogP contribution in [-0.4, -0.2) is 19.0 Å². The van der Waals surface area contributed by atoms with E-state index in [4.69, 9.17) is 0 Å². The molecule has 0 aliphatic rings. The van der Waals surface area contributed by atoms with E-state index in [1.807, 2.05) is 0 Å². The molecule has 4 nitrogen and oxygen atoms in total. The average Bonchev–Trinajstić information content (AvgIpc) is 2.36. The second-order valence-corrected chi connectivity index (χ2v) is 3.41. The molecule has 1 aromatic carbocycles. The molecule has 4 heteroatoms. The van der Waals surface area contributed by atoms with E-state index < -0.39 is 0 Å². The van der Waals surface area contributed by atoms with Crippen LogP contribution in [0.3, 0.4) is 0 Å². The normalized spacial score (nSPS) is 10.2. The lowest BCUT2D eigenvalue weighted by atomic mass is 10.1. The molecule has 0 aliphatic carbocycles. The fourth-order valence-electron chi connectivity index (χ4n) is 1.28. The highest BCUT2D eigenvalue weighted by atomic mass is 16.5. The number of methoxy groups -OCH3 is 1. The molecular weight excluding hydrogens is 218 g/mol. The van der Waals surface area contributed by atoms with Crippen molar-refractivity contribution in [1.82, 2.24) is 5.32 Å². The molecule has 0 bridgehead atoms. The van der Waals surface area contributed by atoms with Gasteiger partial charge in [-0.05, 0) is 30.7 Å². The molecule has 1 N–H and O–H groups in total. The molecule has 17 heavy (non-hydrogen) atoms. The van der Waals surface area contributed by atoms with Crippen LogP contribution in [0.25, 0.3) is 0 Å². The molecule has 0 radical (unpaired) electrons. The van der Waals surface area contributed by atoms with E-state index in [0.717, 1.165) is 5.56 Å². The lowest BCUT2D eigenvalue weighted by Gasteiger charge is -2.04. The lowest BCUT2D eigenvalue weighted by molar-refractivity contribution is -0.116. The predicted octanol–water partition coefficient (Wildman–Crippen LogP) is 1.67. The Hall–Kier alpha value is -2.10. The van der Waals surface area contributed by atoms with Crippen molar-refractivity contribution in [2.45, 2.75) is 13.5 Å². The summed E-state index contributed by atoms with van der Waals surface area (Å²) >= 11 is 0. The molecule has 1 aromatic rings. The molecule has 0 fully saturated rings. The summed E-state index contributed by atoms with van der Waals surface area (Å²) in [6.45, 7) is 2.22. The van der Waals surface area contributed by atoms with Crippen molar-refractivity contribution in [3.05, 3.63) is 47.5 Å². The number of amides is 1. The lowest BCUT2D eigenvalue weighted by Crippen LogP contribution is -2.20. The number of allylic oxidation sites excluding steroid dienone is 1. The Kier molecular flexibility index (Phi) is 4.94. The van der Waals surface area contributed by atoms with E-state index in [2.05, 4.69) is 10.1 Å². The van der Waals surface area contributed by atoms with Crippen LogP contribution in [0.1, 0.15) is 22.8 Å². The smallest absolute Gasteiger partial charge is 0.337 e. The second kappa shape index (κ2) is 6.48. The van der Waals surface area contributed by atoms with Crippen molar-refractivity contribution < 1.29 is 14.3 Å². The first-order valence-electron chi connectivity index (χ1n) is 5.25. The van der Waals surface area contributed by atoms with Gasteiger partial charge in [0.2, 0.25) is 5.91 Å². The van der Waals surface area contributed by atoms with Gasteiger partial charge in [-0.1, -0.05) is 18.2 Å². The molecule has 0 atom stereocenters. The van der Waals surface area contributed by atoms with Gasteiger partial charge in [0.1, 0.15) is 0 Å². The van der Waals surface area contributed by atoms with Gasteiger partial charge in [0.15, 0.2) is 0 Å². The Morgan fingerprint density at radius 3 is 2.47 bits per heavy atom. The fraction of sp³-hybridized carbons (Fsp3) is 0.231. The van der Waals surface area contributed by atoms with E-state index in [1.54, 1.807) is 37.3 Å². The summed E-state index contributed by atoms with van der Waals surface area (Å²) in [6.07, 6.45) is 3.14. The number of esters is 1. The van der Waals surface area contributed by atoms with Gasteiger partial charge in [0, 0.05) is 6.54 Å². The Balaban J connectivity index is 2.57. The molecule has 0 heterocycles. The maximum atomic E-state index is 11.2. The van der Waals surface area contributed by atoms with E-state index in [1.165, 1.54) is 13.2 Å². The average molecular weight is 233 g/mol. The van der Waals surface area contributed by atoms with Crippen LogP contribution >= 0.6 is 0 Å². The zero-order valence-corrected chi connectivity index (χ0v) is 9.90. The SMILES string of the molecule is C/C=C/C(=O)NCc1ccc(C(=O)OC)cc1. The quantitative estimate of drug-likeness (QED) is 0.635. The monoisotopic (exact) mass is 233 g/mol. The number of nitrogens with one attached hydrogen (secondary N) is 1. The highest BCUT2D eigenvalue weighted by Gasteiger charge is 2.04. The molecule has 1 amide bonds. The Morgan fingerprint density at radius 1 is 1.29 bits per heavy atom. The van der Waals surface area contributed by atoms with Gasteiger partial charge >= 0.3 is 5.97 Å². The Bertz CT molecular complexity index is 421. The van der Waals surface area contributed by atoms with Gasteiger partial charge in [-0.15, -0.1) is 0 Å². The van der Waals surface area contributed by atoms with Gasteiger partial charge in [-0.3, -0.25) is 4.79 Å². The minimum absolute atomic E-state index is 0.135. The summed E-state index contributed by atoms with van der Waals surface area (Å²) in [6, 6.07) is 6.90. The summed E-state index contributed by atoms with van der Waals surface area (Å²) in [5, 5.41) is 2.72. The van der Waals surface area contributed by atoms with Gasteiger partial charge < -0.3 is 10.1 Å². The van der Waals surface area contributed by atoms with Crippen molar-refractivity contribution in [2.24, 2.45) is 0 Å². The number of hydrogen-bond donors (Lipinski definition) is 1. The van der Waals surface area contributed by atoms with Gasteiger partial charge in [-0.2, -0.15) is 0 Å². The molecule has 0 saturated carbocycles. The third kappa shape index (κ3) is 4.10. The molecular formula is C13H15NO3. The zero-order chi connectivity index (χ0) is 12.7. The number of ether oxygens (including phenoxy) is 1. The summed E-state index contributed by atoms with van der Waals surface area (Å²) in [4.78, 5) is 22.3. The summed E-state index contributed by atoms with van der Waals surface area (Å²) in [5.74, 6) is -0.501. The van der Waals surface area contributed by atoms with Crippen molar-refractivity contribution in [1.29, 1.82) is 0 Å². The predicted molar refractivity (Wildman–Crippen MR) is 64.4 cm³/mol. The minimum atomic E-state index is -0.366. The van der Waals surface area contributed by atoms with Gasteiger partial charge in [0.25, 0.3) is 0 Å². The third-order valence-corrected chi connectivity index (χ3v) is 2.16. The fourth-order valence-corrected chi connectivity index (χ4v) is 1.28. The zero-order valence-electron chi connectivity index (χ0n) is 9.90. The highest BCUT2D eigenvalue weighted by molar-refractivity contribution is 5.89. The van der Waals surface area contributed by atoms with Crippen molar-refractivity contribution in [2.75, 3.05) is 7.11 Å². The number of carbonyl (C=O) groups is 2. The number of carbonyl (C=O) groups excluding carboxylic acids is 2. The van der Waals surface area contributed by atoms with E-state index in [-0.39, 0.29) is 11.9 Å². The highest BCUT2D eigenvalue weighted by Crippen LogP contribution is 2.05. The molecule has 0 aliphatic heterocycles. The topological polar surface area (TPSA) is 55.4 Å². The molecule has 0 saturated heterocycles. The van der Waals surface area contributed by atoms with Crippen LogP contribution in [0.2, 0.25) is 0 Å². The van der Waals surface area contributed by atoms with Crippen LogP contribution in [0.4, 0.5) is 0 Å². The first-order valence-corrected chi connectivity index (χ1v) is 5.25. The standard InChI is InChI=1S/C13H15NO3/c1-3-4-12(15)14-9-10-5-7-11(8-6-10)13(16)17-2/h3-8H,9H2,1-2H3,(H,14,15)/b4-3+. The Labute approximate surface area is 100 Å². The van der Waals surface area contributed by atoms with Crippen LogP contribution < -0.4 is 5.32 Å². The summed E-state index contributed by atoms with van der Waals surface area (Å²) in [7, 11) is 1.34. The van der Waals surface area contributed by atoms with Crippen LogP contribution in [0.5, 0.6) is 0 Å². The largest absolute Gasteiger partial charge is 0.465 e. The Morgan fingerprint density at radius 2 is 1.94 bits per heavy atom. The van der Waals surface area contributed by atoms with Crippen LogP contribution in [0.15, 0.2) is 36.4 Å². The van der Waals surface area contributed by atoms with Crippen molar-refractivity contribution >= 4 is 11.9 Å². The second-order valence-electron chi connectivity index (χ2n) is 3.41. The van der Waals surface area contributed by atoms with E-state index in [9.17, 15) is 9.59 Å². The molecule has 1 rings (SSSR count). The third-order valence-electron chi connectivity index (χ3n) is 2.16. The molecule has 90 valence electrons. The molecule has 0 spiro atoms. The first kappa shape index (κ1) is 13.0. The maximum absolute atomic E-state index is 11.2. The van der Waals surface area contributed by atoms with E-state index in [0.29, 0.717) is 12.1 Å². The van der Waals surface area contributed by atoms with Crippen molar-refractivity contribution in [3.63, 3.8) is 0 Å². The van der Waals surface area contributed by atoms with Crippen LogP contribution in [0, 0.1) is 0 Å². The van der Waals surface area contributed by atoms with Crippen molar-refractivity contribution in [3.8, 4) is 0 Å². The molecule has 0 aromatic heterocycles. The number of hydrogen-bond acceptors (Lipinski definition) is 3. The summed E-state index contributed by atoms with van der Waals surface area (Å²) in [5.41, 5.74) is 1.42. The number of rotatable bonds is 4. The summed E-state index contributed by atoms with van der Waals surface area (Å²) < 4.78 is 4.59. The van der Waals surface area contributed by atoms with Crippen LogP contribution in [-0.2, 0) is 16.1 Å². The maximum Gasteiger partial charge on any atom is 0.337 e. The van der Waals surface area contributed by atoms with E-state index >= 15 is 0 Å². The van der Waals surface area contributed by atoms with Gasteiger partial charge in [0.05, 0.1) is 12.7 Å². The number of benzene rings is 1. The van der Waals surface area contributed by atoms with Gasteiger partial charge in [-0.25, -0.2) is 4.79 Å². The molecule has 0 unspecified atom stereocenters. The first-order chi connectivity index (χ1) is 8.17. The minimum Gasteiger partial charge on any atom is -0.465 e.